The lowest BCUT2D eigenvalue weighted by Gasteiger charge is -2.63. The summed E-state index contributed by atoms with van der Waals surface area (Å²) in [4.78, 5) is 63.2. The number of piperazine rings is 1. The predicted molar refractivity (Wildman–Crippen MR) is 253 cm³/mol. The van der Waals surface area contributed by atoms with Gasteiger partial charge in [-0.3, -0.25) is 29.1 Å². The quantitative estimate of drug-likeness (QED) is 0.132. The van der Waals surface area contributed by atoms with E-state index in [1.807, 2.05) is 45.9 Å². The fourth-order valence-corrected chi connectivity index (χ4v) is 10.2. The summed E-state index contributed by atoms with van der Waals surface area (Å²) >= 11 is 6.25. The van der Waals surface area contributed by atoms with Crippen LogP contribution in [0.1, 0.15) is 108 Å². The van der Waals surface area contributed by atoms with Gasteiger partial charge in [0.1, 0.15) is 42.4 Å². The number of nitrogens with one attached hydrogen (secondary N) is 4. The lowest BCUT2D eigenvalue weighted by atomic mass is 9.49. The summed E-state index contributed by atoms with van der Waals surface area (Å²) in [5.41, 5.74) is 4.95. The van der Waals surface area contributed by atoms with Crippen LogP contribution < -0.4 is 31.0 Å². The molecule has 2 aromatic carbocycles. The van der Waals surface area contributed by atoms with Gasteiger partial charge in [0, 0.05) is 74.4 Å². The van der Waals surface area contributed by atoms with Gasteiger partial charge < -0.3 is 30.3 Å². The zero-order valence-electron chi connectivity index (χ0n) is 39.6. The number of aromatic nitrogens is 1. The minimum atomic E-state index is -0.889. The molecule has 16 heteroatoms. The highest BCUT2D eigenvalue weighted by molar-refractivity contribution is 6.31. The van der Waals surface area contributed by atoms with Crippen LogP contribution in [0, 0.1) is 27.6 Å². The number of nitriles is 1. The van der Waals surface area contributed by atoms with Crippen molar-refractivity contribution < 1.29 is 28.7 Å². The molecule has 0 bridgehead atoms. The zero-order chi connectivity index (χ0) is 47.6. The Morgan fingerprint density at radius 2 is 1.68 bits per heavy atom. The van der Waals surface area contributed by atoms with Gasteiger partial charge in [0.05, 0.1) is 22.8 Å². The minimum absolute atomic E-state index is 0.0987. The Balaban J connectivity index is 0.820. The van der Waals surface area contributed by atoms with Gasteiger partial charge in [0.25, 0.3) is 11.8 Å². The first-order valence-electron chi connectivity index (χ1n) is 23.2. The molecule has 2 saturated heterocycles. The van der Waals surface area contributed by atoms with Crippen molar-refractivity contribution in [1.82, 2.24) is 36.3 Å². The maximum atomic E-state index is 14.0. The standard InChI is InChI=1S/C50H66ClN9O6/c1-31-25-39(44(63)54-28-32-9-11-33(12-10-32)34-13-14-34)60(57-31)45(64)42(48(2,3)4)55-41(61)30-65-24-23-58-19-21-59(22-20-58)40-18-16-36(29-53-40)43(62)56-46-49(5,6)47(50(46,7)8)66-37-17-15-35(27-52)38(51)26-37/h9-12,15-18,26,29,31,34,39,42,46-47,57H,13-14,19-25,28,30H2,1-8H3,(H,54,63)(H,55,61)(H,56,62)/t31-,39+,42-,46?,47?/m1/s1. The Morgan fingerprint density at radius 3 is 2.29 bits per heavy atom. The van der Waals surface area contributed by atoms with Crippen LogP contribution in [0.15, 0.2) is 60.8 Å². The summed E-state index contributed by atoms with van der Waals surface area (Å²) in [7, 11) is 0. The molecule has 7 rings (SSSR count). The van der Waals surface area contributed by atoms with E-state index in [9.17, 15) is 24.4 Å². The van der Waals surface area contributed by atoms with Crippen molar-refractivity contribution in [2.75, 3.05) is 50.8 Å². The summed E-state index contributed by atoms with van der Waals surface area (Å²) in [6.45, 7) is 20.0. The first-order valence-corrected chi connectivity index (χ1v) is 23.6. The molecule has 3 atom stereocenters. The van der Waals surface area contributed by atoms with E-state index in [1.54, 1.807) is 30.5 Å². The molecule has 3 aromatic rings. The smallest absolute Gasteiger partial charge is 0.260 e. The van der Waals surface area contributed by atoms with E-state index in [-0.39, 0.29) is 53.3 Å². The van der Waals surface area contributed by atoms with Gasteiger partial charge in [0.15, 0.2) is 0 Å². The number of hydrogen-bond donors (Lipinski definition) is 4. The lowest BCUT2D eigenvalue weighted by molar-refractivity contribution is -0.164. The number of ether oxygens (including phenoxy) is 2. The Morgan fingerprint density at radius 1 is 0.985 bits per heavy atom. The van der Waals surface area contributed by atoms with Gasteiger partial charge in [-0.1, -0.05) is 84.3 Å². The van der Waals surface area contributed by atoms with Gasteiger partial charge in [-0.15, -0.1) is 0 Å². The number of halogens is 1. The van der Waals surface area contributed by atoms with Crippen LogP contribution in [0.4, 0.5) is 5.82 Å². The van der Waals surface area contributed by atoms with Gasteiger partial charge in [0.2, 0.25) is 11.8 Å². The highest BCUT2D eigenvalue weighted by atomic mass is 35.5. The number of carbonyl (C=O) groups excluding carboxylic acids is 4. The zero-order valence-corrected chi connectivity index (χ0v) is 40.3. The first kappa shape index (κ1) is 48.7. The van der Waals surface area contributed by atoms with Gasteiger partial charge in [-0.05, 0) is 72.9 Å². The maximum Gasteiger partial charge on any atom is 0.260 e. The molecule has 0 spiro atoms. The molecule has 2 aliphatic carbocycles. The number of amides is 4. The van der Waals surface area contributed by atoms with E-state index in [1.165, 1.54) is 23.4 Å². The molecule has 4 fully saturated rings. The highest BCUT2D eigenvalue weighted by Crippen LogP contribution is 2.55. The molecule has 0 radical (unpaired) electrons. The second-order valence-corrected chi connectivity index (χ2v) is 21.1. The van der Waals surface area contributed by atoms with Gasteiger partial charge >= 0.3 is 0 Å². The number of rotatable bonds is 16. The number of anilines is 1. The Bertz CT molecular complexity index is 2260. The van der Waals surface area contributed by atoms with Crippen molar-refractivity contribution in [3.05, 3.63) is 88.1 Å². The third-order valence-corrected chi connectivity index (χ3v) is 13.9. The summed E-state index contributed by atoms with van der Waals surface area (Å²) in [5, 5.41) is 20.1. The molecule has 4 aliphatic rings. The second-order valence-electron chi connectivity index (χ2n) is 20.7. The number of hydrogen-bond acceptors (Lipinski definition) is 11. The van der Waals surface area contributed by atoms with E-state index >= 15 is 0 Å². The first-order chi connectivity index (χ1) is 31.3. The average Bonchev–Trinajstić information content (AvgIpc) is 4.07. The third kappa shape index (κ3) is 11.1. The van der Waals surface area contributed by atoms with Gasteiger partial charge in [-0.2, -0.15) is 5.26 Å². The average molecular weight is 925 g/mol. The molecule has 354 valence electrons. The van der Waals surface area contributed by atoms with Crippen molar-refractivity contribution >= 4 is 41.0 Å². The molecule has 3 heterocycles. The van der Waals surface area contributed by atoms with E-state index in [2.05, 4.69) is 82.1 Å². The molecule has 2 aliphatic heterocycles. The largest absolute Gasteiger partial charge is 0.489 e. The van der Waals surface area contributed by atoms with E-state index < -0.39 is 23.4 Å². The number of benzene rings is 2. The maximum absolute atomic E-state index is 14.0. The summed E-state index contributed by atoms with van der Waals surface area (Å²) in [5.74, 6) is 0.829. The second kappa shape index (κ2) is 19.9. The molecule has 4 amide bonds. The van der Waals surface area contributed by atoms with Crippen molar-refractivity contribution in [3.63, 3.8) is 0 Å². The Hall–Kier alpha value is -5.27. The van der Waals surface area contributed by atoms with Crippen LogP contribution in [-0.2, 0) is 25.7 Å². The molecular weight excluding hydrogens is 858 g/mol. The number of pyridine rings is 1. The summed E-state index contributed by atoms with van der Waals surface area (Å²) < 4.78 is 12.2. The highest BCUT2D eigenvalue weighted by Gasteiger charge is 2.64. The molecular formula is C50H66ClN9O6. The summed E-state index contributed by atoms with van der Waals surface area (Å²) in [6.07, 6.45) is 4.33. The van der Waals surface area contributed by atoms with E-state index in [0.29, 0.717) is 53.9 Å². The fourth-order valence-electron chi connectivity index (χ4n) is 9.96. The molecule has 15 nitrogen and oxygen atoms in total. The predicted octanol–water partition coefficient (Wildman–Crippen LogP) is 5.58. The van der Waals surface area contributed by atoms with Crippen molar-refractivity contribution in [2.45, 2.75) is 117 Å². The van der Waals surface area contributed by atoms with Crippen LogP contribution >= 0.6 is 11.6 Å². The molecule has 2 saturated carbocycles. The third-order valence-electron chi connectivity index (χ3n) is 13.6. The van der Waals surface area contributed by atoms with Crippen LogP contribution in [0.5, 0.6) is 5.75 Å². The normalized spacial score (nSPS) is 23.0. The SMILES string of the molecule is C[C@@H]1C[C@@H](C(=O)NCc2ccc(C3CC3)cc2)N(C(=O)[C@@H](NC(=O)COCCN2CCN(c3ccc(C(=O)NC4C(C)(C)C(Oc5ccc(C#N)c(Cl)c5)C4(C)C)cn3)CC2)C(C)(C)C)N1. The van der Waals surface area contributed by atoms with Crippen molar-refractivity contribution in [2.24, 2.45) is 16.2 Å². The van der Waals surface area contributed by atoms with Crippen molar-refractivity contribution in [1.29, 1.82) is 5.26 Å². The van der Waals surface area contributed by atoms with Crippen LogP contribution in [-0.4, -0.2) is 115 Å². The number of hydrazine groups is 1. The molecule has 1 aromatic heterocycles. The Kier molecular flexibility index (Phi) is 14.7. The van der Waals surface area contributed by atoms with E-state index in [4.69, 9.17) is 21.1 Å². The number of nitrogens with zero attached hydrogens (tertiary/aromatic N) is 5. The van der Waals surface area contributed by atoms with Crippen LogP contribution in [0.25, 0.3) is 0 Å². The fraction of sp³-hybridized carbons (Fsp3) is 0.560. The van der Waals surface area contributed by atoms with Gasteiger partial charge in [-0.25, -0.2) is 10.4 Å². The van der Waals surface area contributed by atoms with Crippen LogP contribution in [0.3, 0.4) is 0 Å². The Labute approximate surface area is 394 Å². The molecule has 66 heavy (non-hydrogen) atoms. The lowest BCUT2D eigenvalue weighted by Crippen LogP contribution is -2.74. The van der Waals surface area contributed by atoms with Crippen molar-refractivity contribution in [3.8, 4) is 11.8 Å². The summed E-state index contributed by atoms with van der Waals surface area (Å²) in [6, 6.07) is 17.3. The van der Waals surface area contributed by atoms with Crippen LogP contribution in [0.2, 0.25) is 5.02 Å². The topological polar surface area (TPSA) is 181 Å². The number of carbonyl (C=O) groups is 4. The monoisotopic (exact) mass is 923 g/mol. The van der Waals surface area contributed by atoms with E-state index in [0.717, 1.165) is 37.6 Å². The molecule has 0 unspecified atom stereocenters. The molecule has 4 N–H and O–H groups in total. The minimum Gasteiger partial charge on any atom is -0.489 e.